The molecule has 1 aromatic carbocycles. The fourth-order valence-corrected chi connectivity index (χ4v) is 2.89. The number of H-pyrrole nitrogens is 1. The Morgan fingerprint density at radius 3 is 2.78 bits per heavy atom. The largest absolute Gasteiger partial charge is 0.462 e. The third-order valence-corrected chi connectivity index (χ3v) is 4.38. The van der Waals surface area contributed by atoms with E-state index in [1.807, 2.05) is 0 Å². The summed E-state index contributed by atoms with van der Waals surface area (Å²) in [6.45, 7) is 2.54. The molecule has 7 nitrogen and oxygen atoms in total. The predicted octanol–water partition coefficient (Wildman–Crippen LogP) is 4.88. The van der Waals surface area contributed by atoms with Crippen LogP contribution in [-0.2, 0) is 4.74 Å². The average molecular weight is 367 g/mol. The van der Waals surface area contributed by atoms with Gasteiger partial charge in [0.15, 0.2) is 0 Å². The summed E-state index contributed by atoms with van der Waals surface area (Å²) < 4.78 is 5.26. The van der Waals surface area contributed by atoms with Crippen molar-refractivity contribution in [1.82, 2.24) is 9.97 Å². The number of fused-ring (bicyclic) bond motifs is 1. The van der Waals surface area contributed by atoms with Crippen molar-refractivity contribution in [3.8, 4) is 11.3 Å². The monoisotopic (exact) mass is 367 g/mol. The molecule has 0 spiro atoms. The van der Waals surface area contributed by atoms with Gasteiger partial charge in [-0.3, -0.25) is 15.1 Å². The number of esters is 1. The van der Waals surface area contributed by atoms with E-state index in [1.165, 1.54) is 18.3 Å². The van der Waals surface area contributed by atoms with Gasteiger partial charge in [0.05, 0.1) is 22.8 Å². The number of hydrogen-bond donors (Lipinski definition) is 1. The van der Waals surface area contributed by atoms with Crippen LogP contribution >= 0.6 is 0 Å². The Kier molecular flexibility index (Phi) is 5.80. The number of nitro groups is 1. The van der Waals surface area contributed by atoms with Crippen molar-refractivity contribution in [3.05, 3.63) is 58.4 Å². The summed E-state index contributed by atoms with van der Waals surface area (Å²) in [5.74, 6) is -0.389. The number of benzene rings is 1. The summed E-state index contributed by atoms with van der Waals surface area (Å²) in [4.78, 5) is 30.1. The second-order valence-corrected chi connectivity index (χ2v) is 6.32. The molecule has 0 saturated heterocycles. The lowest BCUT2D eigenvalue weighted by Crippen LogP contribution is -2.07. The van der Waals surface area contributed by atoms with E-state index in [0.29, 0.717) is 23.3 Å². The molecule has 0 aliphatic rings. The molecule has 0 amide bonds. The number of hydrogen-bond acceptors (Lipinski definition) is 5. The van der Waals surface area contributed by atoms with Gasteiger partial charge < -0.3 is 9.72 Å². The zero-order chi connectivity index (χ0) is 19.2. The lowest BCUT2D eigenvalue weighted by atomic mass is 10.1. The Labute approximate surface area is 156 Å². The maximum atomic E-state index is 12.1. The van der Waals surface area contributed by atoms with Gasteiger partial charge in [-0.25, -0.2) is 4.79 Å². The molecule has 27 heavy (non-hydrogen) atoms. The van der Waals surface area contributed by atoms with E-state index < -0.39 is 4.92 Å². The van der Waals surface area contributed by atoms with E-state index >= 15 is 0 Å². The fraction of sp³-hybridized carbons (Fsp3) is 0.300. The summed E-state index contributed by atoms with van der Waals surface area (Å²) in [5.41, 5.74) is 2.56. The number of pyridine rings is 1. The number of rotatable bonds is 8. The Hall–Kier alpha value is -3.22. The summed E-state index contributed by atoms with van der Waals surface area (Å²) in [6.07, 6.45) is 7.40. The second kappa shape index (κ2) is 8.44. The molecule has 0 unspecified atom stereocenters. The third-order valence-electron chi connectivity index (χ3n) is 4.38. The van der Waals surface area contributed by atoms with Crippen LogP contribution in [-0.4, -0.2) is 27.5 Å². The van der Waals surface area contributed by atoms with E-state index in [-0.39, 0.29) is 11.7 Å². The maximum Gasteiger partial charge on any atom is 0.339 e. The maximum absolute atomic E-state index is 12.1. The number of non-ortho nitro benzene ring substituents is 1. The minimum absolute atomic E-state index is 0.0200. The van der Waals surface area contributed by atoms with Crippen LogP contribution in [0.4, 0.5) is 5.69 Å². The number of nitrogens with zero attached hydrogens (tertiary/aromatic N) is 2. The van der Waals surface area contributed by atoms with Crippen LogP contribution in [0.15, 0.2) is 42.7 Å². The molecule has 140 valence electrons. The van der Waals surface area contributed by atoms with Crippen molar-refractivity contribution in [2.45, 2.75) is 32.6 Å². The quantitative estimate of drug-likeness (QED) is 0.265. The van der Waals surface area contributed by atoms with Gasteiger partial charge in [0.2, 0.25) is 0 Å². The summed E-state index contributed by atoms with van der Waals surface area (Å²) in [6, 6.07) is 8.01. The minimum Gasteiger partial charge on any atom is -0.462 e. The molecule has 0 fully saturated rings. The molecule has 0 atom stereocenters. The van der Waals surface area contributed by atoms with Crippen molar-refractivity contribution >= 4 is 22.6 Å². The van der Waals surface area contributed by atoms with Gasteiger partial charge >= 0.3 is 5.97 Å². The van der Waals surface area contributed by atoms with Crippen LogP contribution in [0.3, 0.4) is 0 Å². The highest BCUT2D eigenvalue weighted by Gasteiger charge is 2.14. The van der Waals surface area contributed by atoms with E-state index in [9.17, 15) is 14.9 Å². The number of aromatic amines is 1. The van der Waals surface area contributed by atoms with Crippen molar-refractivity contribution in [2.24, 2.45) is 0 Å². The smallest absolute Gasteiger partial charge is 0.339 e. The van der Waals surface area contributed by atoms with Gasteiger partial charge in [-0.2, -0.15) is 0 Å². The highest BCUT2D eigenvalue weighted by atomic mass is 16.6. The highest BCUT2D eigenvalue weighted by Crippen LogP contribution is 2.30. The van der Waals surface area contributed by atoms with Crippen LogP contribution < -0.4 is 0 Å². The number of carbonyl (C=O) groups is 1. The molecule has 0 aliphatic carbocycles. The predicted molar refractivity (Wildman–Crippen MR) is 103 cm³/mol. The molecule has 3 rings (SSSR count). The molecular formula is C20H21N3O4. The number of unbranched alkanes of at least 4 members (excludes halogenated alkanes) is 3. The SMILES string of the molecule is CCCCCCOC(=O)c1ccc(-c2c[nH]c3ccc([N+](=O)[O-])cc23)nc1. The van der Waals surface area contributed by atoms with Gasteiger partial charge in [0.1, 0.15) is 0 Å². The Morgan fingerprint density at radius 1 is 1.22 bits per heavy atom. The number of nitro benzene ring substituents is 1. The molecule has 0 radical (unpaired) electrons. The minimum atomic E-state index is -0.427. The molecular weight excluding hydrogens is 346 g/mol. The Balaban J connectivity index is 1.73. The van der Waals surface area contributed by atoms with Gasteiger partial charge in [-0.1, -0.05) is 26.2 Å². The molecule has 0 aliphatic heterocycles. The van der Waals surface area contributed by atoms with E-state index in [4.69, 9.17) is 4.74 Å². The number of aromatic nitrogens is 2. The normalized spacial score (nSPS) is 10.9. The van der Waals surface area contributed by atoms with E-state index in [1.54, 1.807) is 24.4 Å². The van der Waals surface area contributed by atoms with Crippen LogP contribution in [0.2, 0.25) is 0 Å². The first-order chi connectivity index (χ1) is 13.1. The fourth-order valence-electron chi connectivity index (χ4n) is 2.89. The number of carbonyl (C=O) groups excluding carboxylic acids is 1. The summed E-state index contributed by atoms with van der Waals surface area (Å²) >= 11 is 0. The number of ether oxygens (including phenoxy) is 1. The van der Waals surface area contributed by atoms with Gasteiger partial charge in [0.25, 0.3) is 5.69 Å². The Bertz CT molecular complexity index is 948. The molecule has 7 heteroatoms. The van der Waals surface area contributed by atoms with Gasteiger partial charge in [-0.05, 0) is 24.6 Å². The third kappa shape index (κ3) is 4.31. The summed E-state index contributed by atoms with van der Waals surface area (Å²) in [5, 5.41) is 11.7. The first-order valence-corrected chi connectivity index (χ1v) is 8.99. The molecule has 2 aromatic heterocycles. The lowest BCUT2D eigenvalue weighted by Gasteiger charge is -2.05. The van der Waals surface area contributed by atoms with Crippen molar-refractivity contribution in [3.63, 3.8) is 0 Å². The summed E-state index contributed by atoms with van der Waals surface area (Å²) in [7, 11) is 0. The zero-order valence-electron chi connectivity index (χ0n) is 15.1. The van der Waals surface area contributed by atoms with Crippen molar-refractivity contribution in [2.75, 3.05) is 6.61 Å². The lowest BCUT2D eigenvalue weighted by molar-refractivity contribution is -0.384. The first-order valence-electron chi connectivity index (χ1n) is 8.99. The van der Waals surface area contributed by atoms with Crippen LogP contribution in [0, 0.1) is 10.1 Å². The Morgan fingerprint density at radius 2 is 2.07 bits per heavy atom. The topological polar surface area (TPSA) is 98.1 Å². The molecule has 3 aromatic rings. The van der Waals surface area contributed by atoms with Crippen molar-refractivity contribution in [1.29, 1.82) is 0 Å². The standard InChI is InChI=1S/C20H21N3O4/c1-2-3-4-5-10-27-20(24)14-6-8-19(21-12-14)17-13-22-18-9-7-15(23(25)26)11-16(17)18/h6-9,11-13,22H,2-5,10H2,1H3. The van der Waals surface area contributed by atoms with E-state index in [2.05, 4.69) is 16.9 Å². The van der Waals surface area contributed by atoms with Gasteiger partial charge in [0, 0.05) is 41.0 Å². The zero-order valence-corrected chi connectivity index (χ0v) is 15.1. The van der Waals surface area contributed by atoms with Crippen LogP contribution in [0.5, 0.6) is 0 Å². The van der Waals surface area contributed by atoms with Gasteiger partial charge in [-0.15, -0.1) is 0 Å². The molecule has 0 bridgehead atoms. The van der Waals surface area contributed by atoms with Crippen LogP contribution in [0.1, 0.15) is 43.0 Å². The number of nitrogens with one attached hydrogen (secondary N) is 1. The molecule has 0 saturated carbocycles. The molecule has 2 heterocycles. The highest BCUT2D eigenvalue weighted by molar-refractivity contribution is 5.96. The van der Waals surface area contributed by atoms with Crippen LogP contribution in [0.25, 0.3) is 22.2 Å². The second-order valence-electron chi connectivity index (χ2n) is 6.32. The van der Waals surface area contributed by atoms with Crippen molar-refractivity contribution < 1.29 is 14.5 Å². The molecule has 1 N–H and O–H groups in total. The first kappa shape index (κ1) is 18.6. The average Bonchev–Trinajstić information content (AvgIpc) is 3.11. The van der Waals surface area contributed by atoms with E-state index in [0.717, 1.165) is 36.8 Å².